The number of nitrogens with zero attached hydrogens (tertiary/aromatic N) is 1. The summed E-state index contributed by atoms with van der Waals surface area (Å²) < 4.78 is 5.13. The topological polar surface area (TPSA) is 58.6 Å². The van der Waals surface area contributed by atoms with Crippen LogP contribution in [0.5, 0.6) is 0 Å². The van der Waals surface area contributed by atoms with Crippen LogP contribution < -0.4 is 5.32 Å². The largest absolute Gasteiger partial charge is 0.369 e. The maximum Gasteiger partial charge on any atom is 0.246 e. The van der Waals surface area contributed by atoms with Crippen molar-refractivity contribution in [1.82, 2.24) is 10.2 Å². The average molecular weight is 230 g/mol. The van der Waals surface area contributed by atoms with E-state index in [1.54, 1.807) is 18.9 Å². The van der Waals surface area contributed by atoms with E-state index in [9.17, 15) is 9.59 Å². The van der Waals surface area contributed by atoms with Gasteiger partial charge in [-0.2, -0.15) is 0 Å². The van der Waals surface area contributed by atoms with Crippen LogP contribution >= 0.6 is 0 Å². The summed E-state index contributed by atoms with van der Waals surface area (Å²) >= 11 is 0. The van der Waals surface area contributed by atoms with Crippen molar-refractivity contribution in [3.05, 3.63) is 0 Å². The van der Waals surface area contributed by atoms with Crippen LogP contribution in [0.1, 0.15) is 27.7 Å². The van der Waals surface area contributed by atoms with Crippen molar-refractivity contribution < 1.29 is 14.3 Å². The summed E-state index contributed by atoms with van der Waals surface area (Å²) in [4.78, 5) is 24.5. The number of nitrogens with one attached hydrogen (secondary N) is 1. The van der Waals surface area contributed by atoms with E-state index in [0.29, 0.717) is 6.54 Å². The third-order valence-electron chi connectivity index (χ3n) is 2.15. The number of rotatable bonds is 6. The van der Waals surface area contributed by atoms with Crippen molar-refractivity contribution in [2.75, 3.05) is 20.2 Å². The van der Waals surface area contributed by atoms with Gasteiger partial charge in [-0.1, -0.05) is 0 Å². The van der Waals surface area contributed by atoms with Crippen molar-refractivity contribution in [2.24, 2.45) is 0 Å². The molecule has 0 aliphatic heterocycles. The van der Waals surface area contributed by atoms with Crippen LogP contribution in [0, 0.1) is 0 Å². The van der Waals surface area contributed by atoms with Crippen LogP contribution in [0.2, 0.25) is 0 Å². The lowest BCUT2D eigenvalue weighted by molar-refractivity contribution is -0.136. The molecule has 0 saturated carbocycles. The smallest absolute Gasteiger partial charge is 0.246 e. The summed E-state index contributed by atoms with van der Waals surface area (Å²) in [6.07, 6.45) is 0.00933. The number of hydrogen-bond donors (Lipinski definition) is 1. The number of amides is 2. The predicted octanol–water partition coefficient (Wildman–Crippen LogP) is 0.394. The van der Waals surface area contributed by atoms with E-state index in [2.05, 4.69) is 5.32 Å². The predicted molar refractivity (Wildman–Crippen MR) is 62.0 cm³/mol. The molecule has 5 heteroatoms. The average Bonchev–Trinajstić information content (AvgIpc) is 2.24. The highest BCUT2D eigenvalue weighted by Gasteiger charge is 2.18. The Morgan fingerprint density at radius 3 is 2.31 bits per heavy atom. The second-order valence-corrected chi connectivity index (χ2v) is 4.00. The van der Waals surface area contributed by atoms with Gasteiger partial charge in [-0.25, -0.2) is 0 Å². The van der Waals surface area contributed by atoms with E-state index in [4.69, 9.17) is 4.74 Å². The minimum atomic E-state index is -0.506. The van der Waals surface area contributed by atoms with Crippen LogP contribution in [0.15, 0.2) is 0 Å². The van der Waals surface area contributed by atoms with E-state index in [-0.39, 0.29) is 24.5 Å². The van der Waals surface area contributed by atoms with Crippen molar-refractivity contribution >= 4 is 11.8 Å². The first-order valence-corrected chi connectivity index (χ1v) is 5.54. The van der Waals surface area contributed by atoms with E-state index in [0.717, 1.165) is 0 Å². The molecule has 0 spiro atoms. The maximum atomic E-state index is 11.6. The molecule has 1 atom stereocenters. The molecule has 0 aromatic heterocycles. The van der Waals surface area contributed by atoms with Crippen molar-refractivity contribution in [3.8, 4) is 0 Å². The highest BCUT2D eigenvalue weighted by molar-refractivity contribution is 5.87. The normalized spacial score (nSPS) is 12.4. The molecule has 0 radical (unpaired) electrons. The monoisotopic (exact) mass is 230 g/mol. The van der Waals surface area contributed by atoms with E-state index >= 15 is 0 Å². The minimum Gasteiger partial charge on any atom is -0.369 e. The first-order valence-electron chi connectivity index (χ1n) is 5.54. The Morgan fingerprint density at radius 2 is 1.88 bits per heavy atom. The fourth-order valence-electron chi connectivity index (χ4n) is 1.07. The Morgan fingerprint density at radius 1 is 1.31 bits per heavy atom. The molecule has 0 fully saturated rings. The van der Waals surface area contributed by atoms with Gasteiger partial charge in [0.1, 0.15) is 12.6 Å². The molecule has 1 unspecified atom stereocenters. The SMILES string of the molecule is CCN(C)C(=O)C(C)NC(=O)COC(C)C. The molecule has 0 aromatic rings. The van der Waals surface area contributed by atoms with Crippen molar-refractivity contribution in [1.29, 1.82) is 0 Å². The number of ether oxygens (including phenoxy) is 1. The third kappa shape index (κ3) is 5.70. The molecule has 1 N–H and O–H groups in total. The van der Waals surface area contributed by atoms with Gasteiger partial charge in [-0.3, -0.25) is 9.59 Å². The van der Waals surface area contributed by atoms with Gasteiger partial charge in [0.15, 0.2) is 0 Å². The maximum absolute atomic E-state index is 11.6. The van der Waals surface area contributed by atoms with Crippen molar-refractivity contribution in [3.63, 3.8) is 0 Å². The quantitative estimate of drug-likeness (QED) is 0.718. The lowest BCUT2D eigenvalue weighted by Crippen LogP contribution is -2.46. The van der Waals surface area contributed by atoms with Crippen LogP contribution in [0.4, 0.5) is 0 Å². The van der Waals surface area contributed by atoms with Gasteiger partial charge in [0.05, 0.1) is 6.10 Å². The van der Waals surface area contributed by atoms with Crippen molar-refractivity contribution in [2.45, 2.75) is 39.8 Å². The second kappa shape index (κ2) is 7.22. The molecule has 0 heterocycles. The first-order chi connectivity index (χ1) is 7.38. The van der Waals surface area contributed by atoms with Crippen LogP contribution in [-0.2, 0) is 14.3 Å². The lowest BCUT2D eigenvalue weighted by atomic mass is 10.3. The molecule has 0 bridgehead atoms. The molecule has 0 aliphatic carbocycles. The molecular weight excluding hydrogens is 208 g/mol. The summed E-state index contributed by atoms with van der Waals surface area (Å²) in [6, 6.07) is -0.506. The Kier molecular flexibility index (Phi) is 6.72. The lowest BCUT2D eigenvalue weighted by Gasteiger charge is -2.20. The molecule has 2 amide bonds. The Hall–Kier alpha value is -1.10. The molecule has 0 saturated heterocycles. The zero-order valence-corrected chi connectivity index (χ0v) is 10.7. The summed E-state index contributed by atoms with van der Waals surface area (Å²) in [5.41, 5.74) is 0. The summed E-state index contributed by atoms with van der Waals surface area (Å²) in [6.45, 7) is 7.88. The summed E-state index contributed by atoms with van der Waals surface area (Å²) in [5, 5.41) is 2.60. The van der Waals surface area contributed by atoms with Gasteiger partial charge in [0.25, 0.3) is 0 Å². The van der Waals surface area contributed by atoms with Gasteiger partial charge < -0.3 is 15.0 Å². The summed E-state index contributed by atoms with van der Waals surface area (Å²) in [7, 11) is 1.70. The fraction of sp³-hybridized carbons (Fsp3) is 0.818. The molecule has 0 aromatic carbocycles. The minimum absolute atomic E-state index is 0.00880. The van der Waals surface area contributed by atoms with Gasteiger partial charge in [-0.15, -0.1) is 0 Å². The molecule has 0 rings (SSSR count). The zero-order chi connectivity index (χ0) is 12.7. The third-order valence-corrected chi connectivity index (χ3v) is 2.15. The van der Waals surface area contributed by atoms with Gasteiger partial charge in [-0.05, 0) is 27.7 Å². The molecule has 16 heavy (non-hydrogen) atoms. The highest BCUT2D eigenvalue weighted by atomic mass is 16.5. The van der Waals surface area contributed by atoms with E-state index in [1.807, 2.05) is 20.8 Å². The van der Waals surface area contributed by atoms with E-state index < -0.39 is 6.04 Å². The van der Waals surface area contributed by atoms with Gasteiger partial charge in [0, 0.05) is 13.6 Å². The molecule has 5 nitrogen and oxygen atoms in total. The first kappa shape index (κ1) is 14.9. The molecule has 0 aliphatic rings. The number of likely N-dealkylation sites (N-methyl/N-ethyl adjacent to an activating group) is 1. The number of carbonyl (C=O) groups excluding carboxylic acids is 2. The Bertz CT molecular complexity index is 241. The van der Waals surface area contributed by atoms with Gasteiger partial charge >= 0.3 is 0 Å². The Balaban J connectivity index is 3.99. The van der Waals surface area contributed by atoms with Crippen LogP contribution in [0.3, 0.4) is 0 Å². The number of hydrogen-bond acceptors (Lipinski definition) is 3. The van der Waals surface area contributed by atoms with Crippen LogP contribution in [0.25, 0.3) is 0 Å². The zero-order valence-electron chi connectivity index (χ0n) is 10.7. The Labute approximate surface area is 97.1 Å². The van der Waals surface area contributed by atoms with Gasteiger partial charge in [0.2, 0.25) is 11.8 Å². The second-order valence-electron chi connectivity index (χ2n) is 4.00. The van der Waals surface area contributed by atoms with Crippen LogP contribution in [-0.4, -0.2) is 49.1 Å². The molecule has 94 valence electrons. The molecular formula is C11H22N2O3. The fourth-order valence-corrected chi connectivity index (χ4v) is 1.07. The van der Waals surface area contributed by atoms with E-state index in [1.165, 1.54) is 0 Å². The summed E-state index contributed by atoms with van der Waals surface area (Å²) in [5.74, 6) is -0.362. The highest BCUT2D eigenvalue weighted by Crippen LogP contribution is 1.92. The number of carbonyl (C=O) groups is 2. The standard InChI is InChI=1S/C11H22N2O3/c1-6-13(5)11(15)9(4)12-10(14)7-16-8(2)3/h8-9H,6-7H2,1-5H3,(H,12,14).